The number of benzene rings is 3. The molecule has 15 heteroatoms. The molecule has 0 aliphatic carbocycles. The molecule has 0 saturated carbocycles. The Bertz CT molecular complexity index is 2270. The summed E-state index contributed by atoms with van der Waals surface area (Å²) in [5.41, 5.74) is 0.561. The van der Waals surface area contributed by atoms with Crippen molar-refractivity contribution < 1.29 is 63.3 Å². The first-order valence-corrected chi connectivity index (χ1v) is 20.6. The Morgan fingerprint density at radius 1 is 0.935 bits per heavy atom. The van der Waals surface area contributed by atoms with Gasteiger partial charge in [-0.15, -0.1) is 0 Å². The molecule has 3 aromatic carbocycles. The van der Waals surface area contributed by atoms with E-state index in [0.29, 0.717) is 12.2 Å². The zero-order valence-corrected chi connectivity index (χ0v) is 36.8. The Kier molecular flexibility index (Phi) is 14.8. The minimum atomic E-state index is -2.04. The summed E-state index contributed by atoms with van der Waals surface area (Å²) in [6, 6.07) is 10.2. The lowest BCUT2D eigenvalue weighted by Gasteiger charge is -2.38. The molecule has 0 spiro atoms. The number of hydrogen-bond acceptors (Lipinski definition) is 13. The first kappa shape index (κ1) is 47.2. The number of para-hydroxylation sites is 1. The van der Waals surface area contributed by atoms with Gasteiger partial charge in [0.05, 0.1) is 41.2 Å². The molecule has 5 bridgehead atoms. The Morgan fingerprint density at radius 2 is 1.61 bits per heavy atom. The fourth-order valence-electron chi connectivity index (χ4n) is 8.08. The van der Waals surface area contributed by atoms with Gasteiger partial charge in [0.2, 0.25) is 0 Å². The first-order valence-electron chi connectivity index (χ1n) is 20.6. The highest BCUT2D eigenvalue weighted by molar-refractivity contribution is 6.21. The molecule has 0 saturated heterocycles. The third kappa shape index (κ3) is 9.44. The van der Waals surface area contributed by atoms with Crippen LogP contribution in [0.5, 0.6) is 23.0 Å². The van der Waals surface area contributed by atoms with Crippen LogP contribution >= 0.6 is 0 Å². The Balaban J connectivity index is 1.67. The zero-order chi connectivity index (χ0) is 45.8. The van der Waals surface area contributed by atoms with Crippen LogP contribution in [0, 0.1) is 30.6 Å². The van der Waals surface area contributed by atoms with Gasteiger partial charge in [-0.3, -0.25) is 19.2 Å². The molecule has 0 aromatic heterocycles. The average Bonchev–Trinajstić information content (AvgIpc) is 3.51. The number of carbonyl (C=O) groups is 4. The number of anilines is 2. The van der Waals surface area contributed by atoms with Gasteiger partial charge in [-0.05, 0) is 39.0 Å². The number of likely N-dealkylation sites (N-methyl/N-ethyl adjacent to an activating group) is 1. The highest BCUT2D eigenvalue weighted by Crippen LogP contribution is 2.54. The molecule has 9 unspecified atom stereocenters. The van der Waals surface area contributed by atoms with E-state index < -0.39 is 95.5 Å². The fraction of sp³-hybridized carbons (Fsp3) is 0.447. The monoisotopic (exact) mass is 858 g/mol. The maximum atomic E-state index is 14.6. The van der Waals surface area contributed by atoms with Crippen molar-refractivity contribution in [1.29, 1.82) is 0 Å². The number of fused-ring (bicyclic) bond motifs is 14. The van der Waals surface area contributed by atoms with Crippen LogP contribution in [0.25, 0.3) is 10.8 Å². The number of allylic oxidation sites excluding steroid dienone is 2. The minimum absolute atomic E-state index is 0.0663. The molecule has 334 valence electrons. The normalized spacial score (nSPS) is 28.0. The van der Waals surface area contributed by atoms with Crippen molar-refractivity contribution in [1.82, 2.24) is 0 Å². The maximum Gasteiger partial charge on any atom is 0.312 e. The summed E-state index contributed by atoms with van der Waals surface area (Å²) in [5, 5.41) is 48.6. The highest BCUT2D eigenvalue weighted by Gasteiger charge is 2.50. The number of ether oxygens (including phenoxy) is 5. The van der Waals surface area contributed by atoms with Crippen molar-refractivity contribution in [2.24, 2.45) is 23.7 Å². The molecule has 3 heterocycles. The van der Waals surface area contributed by atoms with Crippen LogP contribution < -0.4 is 19.7 Å². The quantitative estimate of drug-likeness (QED) is 0.127. The number of phenolic OH excluding ortho intramolecular Hbond substituents is 2. The van der Waals surface area contributed by atoms with Gasteiger partial charge in [-0.25, -0.2) is 0 Å². The number of rotatable bonds is 7. The molecule has 6 rings (SSSR count). The predicted octanol–water partition coefficient (Wildman–Crippen LogP) is 6.48. The number of carbonyl (C=O) groups excluding carboxylic acids is 4. The van der Waals surface area contributed by atoms with E-state index in [-0.39, 0.29) is 44.7 Å². The van der Waals surface area contributed by atoms with Crippen LogP contribution in [0.2, 0.25) is 0 Å². The van der Waals surface area contributed by atoms with E-state index in [1.807, 2.05) is 6.07 Å². The Labute approximate surface area is 361 Å². The van der Waals surface area contributed by atoms with E-state index in [0.717, 1.165) is 0 Å². The molecule has 5 N–H and O–H groups in total. The number of aliphatic hydroxyl groups is 2. The van der Waals surface area contributed by atoms with Crippen molar-refractivity contribution in [3.8, 4) is 23.0 Å². The fourth-order valence-corrected chi connectivity index (χ4v) is 8.08. The van der Waals surface area contributed by atoms with E-state index in [1.54, 1.807) is 71.0 Å². The molecule has 0 radical (unpaired) electrons. The number of aromatic hydroxyl groups is 2. The zero-order valence-electron chi connectivity index (χ0n) is 36.8. The smallest absolute Gasteiger partial charge is 0.312 e. The number of methoxy groups -OCH3 is 1. The summed E-state index contributed by atoms with van der Waals surface area (Å²) < 4.78 is 29.9. The first-order chi connectivity index (χ1) is 29.3. The van der Waals surface area contributed by atoms with Crippen LogP contribution in [0.4, 0.5) is 11.4 Å². The van der Waals surface area contributed by atoms with Gasteiger partial charge in [-0.1, -0.05) is 64.1 Å². The number of hydrogen-bond donors (Lipinski definition) is 5. The van der Waals surface area contributed by atoms with Crippen LogP contribution in [0.3, 0.4) is 0 Å². The van der Waals surface area contributed by atoms with Gasteiger partial charge in [0, 0.05) is 79.5 Å². The highest BCUT2D eigenvalue weighted by atomic mass is 16.7. The summed E-state index contributed by atoms with van der Waals surface area (Å²) in [5.74, 6) is -8.24. The van der Waals surface area contributed by atoms with E-state index in [4.69, 9.17) is 23.7 Å². The molecule has 2 amide bonds. The lowest BCUT2D eigenvalue weighted by molar-refractivity contribution is -0.160. The molecule has 62 heavy (non-hydrogen) atoms. The summed E-state index contributed by atoms with van der Waals surface area (Å²) in [4.78, 5) is 55.8. The minimum Gasteiger partial charge on any atom is -0.507 e. The van der Waals surface area contributed by atoms with Crippen molar-refractivity contribution >= 4 is 45.7 Å². The molecular weight excluding hydrogens is 801 g/mol. The number of ketones is 1. The summed E-state index contributed by atoms with van der Waals surface area (Å²) in [6.45, 7) is 14.1. The largest absolute Gasteiger partial charge is 0.507 e. The molecule has 9 atom stereocenters. The lowest BCUT2D eigenvalue weighted by Crippen LogP contribution is -2.46. The second kappa shape index (κ2) is 19.4. The number of esters is 1. The number of phenols is 2. The Hall–Kier alpha value is -5.90. The van der Waals surface area contributed by atoms with Gasteiger partial charge in [0.15, 0.2) is 12.4 Å². The van der Waals surface area contributed by atoms with Crippen LogP contribution in [0.15, 0.2) is 72.5 Å². The number of Topliss-reactive ketones (excluding diaryl/α,β-unsaturated/α-hetero) is 1. The number of aliphatic hydroxyl groups excluding tert-OH is 2. The lowest BCUT2D eigenvalue weighted by atomic mass is 9.78. The van der Waals surface area contributed by atoms with Crippen molar-refractivity contribution in [3.05, 3.63) is 83.7 Å². The predicted molar refractivity (Wildman–Crippen MR) is 232 cm³/mol. The van der Waals surface area contributed by atoms with Crippen LogP contribution in [-0.4, -0.2) is 94.5 Å². The maximum absolute atomic E-state index is 14.6. The standard InChI is InChI=1S/C47H58N2O13/c1-11-49(31-18-13-12-14-19-31)35(51)23-59-34-22-32-42(55)37-36(34)38-44(29(7)41(37)54)62-47(9,45(38)56)60-21-20-33(58-10)26(4)43(61-30(8)50)28(6)40(53)27(5)39(52)24(2)16-15-17-25(3)46(57)48-32/h12-22,24,26-28,33,39-40,43,52-55H,11,23H2,1-10H3,(H,48,57)/b16-15+,21-20+,25-17?. The number of amides is 2. The second-order valence-electron chi connectivity index (χ2n) is 16.2. The van der Waals surface area contributed by atoms with E-state index >= 15 is 0 Å². The summed E-state index contributed by atoms with van der Waals surface area (Å²) >= 11 is 0. The number of nitrogens with one attached hydrogen (secondary N) is 1. The average molecular weight is 859 g/mol. The molecule has 3 aliphatic rings. The van der Waals surface area contributed by atoms with E-state index in [9.17, 15) is 39.6 Å². The van der Waals surface area contributed by atoms with Crippen LogP contribution in [0.1, 0.15) is 71.3 Å². The van der Waals surface area contributed by atoms with Crippen molar-refractivity contribution in [2.45, 2.75) is 92.5 Å². The molecule has 0 fully saturated rings. The molecule has 15 nitrogen and oxygen atoms in total. The summed E-state index contributed by atoms with van der Waals surface area (Å²) in [7, 11) is 1.44. The molecular formula is C47H58N2O13. The number of nitrogens with zero attached hydrogens (tertiary/aromatic N) is 1. The van der Waals surface area contributed by atoms with Gasteiger partial charge < -0.3 is 54.3 Å². The van der Waals surface area contributed by atoms with Gasteiger partial charge in [0.25, 0.3) is 17.6 Å². The SMILES string of the molecule is CCN(C(=O)COc1cc2c(O)c3c(O)c(C)c4c(c13)C(=O)C(C)(O/C=C/C(OC)C(C)C(OC(C)=O)C(C)C(O)C(C)C(O)C(C)/C=C/C=C(C)C(=O)N2)O4)c1ccccc1. The third-order valence-electron chi connectivity index (χ3n) is 11.9. The summed E-state index contributed by atoms with van der Waals surface area (Å²) in [6.07, 6.45) is 3.55. The van der Waals surface area contributed by atoms with Gasteiger partial charge in [-0.2, -0.15) is 0 Å². The third-order valence-corrected chi connectivity index (χ3v) is 11.9. The van der Waals surface area contributed by atoms with Crippen molar-refractivity contribution in [2.75, 3.05) is 30.5 Å². The van der Waals surface area contributed by atoms with E-state index in [2.05, 4.69) is 5.32 Å². The van der Waals surface area contributed by atoms with Crippen molar-refractivity contribution in [3.63, 3.8) is 0 Å². The molecule has 3 aliphatic heterocycles. The second-order valence-corrected chi connectivity index (χ2v) is 16.2. The molecule has 3 aromatic rings. The Morgan fingerprint density at radius 3 is 2.24 bits per heavy atom. The van der Waals surface area contributed by atoms with Gasteiger partial charge in [0.1, 0.15) is 23.4 Å². The van der Waals surface area contributed by atoms with Crippen LogP contribution in [-0.2, 0) is 28.6 Å². The van der Waals surface area contributed by atoms with E-state index in [1.165, 1.54) is 64.2 Å². The van der Waals surface area contributed by atoms with Gasteiger partial charge >= 0.3 is 11.8 Å². The topological polar surface area (TPSA) is 211 Å².